The summed E-state index contributed by atoms with van der Waals surface area (Å²) in [5.74, 6) is -1.82. The summed E-state index contributed by atoms with van der Waals surface area (Å²) in [5, 5.41) is 4.78. The van der Waals surface area contributed by atoms with E-state index in [0.29, 0.717) is 27.8 Å². The van der Waals surface area contributed by atoms with E-state index in [1.165, 1.54) is 4.90 Å². The SMILES string of the molecule is O=C(N/N=C\C12c3ccccc3C(c3ccccc31)[C@@H]1C(=O)N(c3ccccc3Cl)C(=O)[C@H]12)c1ccc2c(c1)OCO2. The van der Waals surface area contributed by atoms with Crippen LogP contribution in [-0.4, -0.2) is 30.7 Å². The summed E-state index contributed by atoms with van der Waals surface area (Å²) in [6.07, 6.45) is 1.63. The van der Waals surface area contributed by atoms with E-state index < -0.39 is 23.2 Å². The van der Waals surface area contributed by atoms with Gasteiger partial charge in [-0.25, -0.2) is 10.3 Å². The van der Waals surface area contributed by atoms with Crippen molar-refractivity contribution >= 4 is 41.2 Å². The number of hydrogen-bond acceptors (Lipinski definition) is 6. The number of nitrogens with zero attached hydrogens (tertiary/aromatic N) is 2. The van der Waals surface area contributed by atoms with Crippen molar-refractivity contribution in [2.24, 2.45) is 16.9 Å². The number of para-hydroxylation sites is 1. The monoisotopic (exact) mass is 575 g/mol. The summed E-state index contributed by atoms with van der Waals surface area (Å²) >= 11 is 6.51. The molecule has 1 fully saturated rings. The van der Waals surface area contributed by atoms with Gasteiger partial charge in [-0.15, -0.1) is 0 Å². The van der Waals surface area contributed by atoms with Gasteiger partial charge in [0, 0.05) is 17.7 Å². The predicted octanol–water partition coefficient (Wildman–Crippen LogP) is 5.04. The average Bonchev–Trinajstić information content (AvgIpc) is 3.60. The number of rotatable bonds is 4. The van der Waals surface area contributed by atoms with Gasteiger partial charge in [-0.05, 0) is 52.6 Å². The maximum atomic E-state index is 14.4. The van der Waals surface area contributed by atoms with Gasteiger partial charge in [0.25, 0.3) is 5.91 Å². The van der Waals surface area contributed by atoms with Crippen molar-refractivity contribution in [3.8, 4) is 11.5 Å². The van der Waals surface area contributed by atoms with Crippen LogP contribution in [-0.2, 0) is 15.0 Å². The molecule has 8 nitrogen and oxygen atoms in total. The molecule has 4 aromatic rings. The van der Waals surface area contributed by atoms with Crippen LogP contribution in [0.5, 0.6) is 11.5 Å². The normalized spacial score (nSPS) is 24.5. The number of ether oxygens (including phenoxy) is 2. The van der Waals surface area contributed by atoms with E-state index >= 15 is 0 Å². The van der Waals surface area contributed by atoms with Crippen LogP contribution in [0.1, 0.15) is 38.5 Å². The minimum absolute atomic E-state index is 0.0986. The second-order valence-electron chi connectivity index (χ2n) is 10.8. The Morgan fingerprint density at radius 3 is 2.29 bits per heavy atom. The van der Waals surface area contributed by atoms with Crippen molar-refractivity contribution in [3.05, 3.63) is 124 Å². The zero-order valence-corrected chi connectivity index (χ0v) is 22.7. The van der Waals surface area contributed by atoms with E-state index in [1.54, 1.807) is 48.7 Å². The molecule has 1 saturated heterocycles. The van der Waals surface area contributed by atoms with Crippen molar-refractivity contribution in [1.29, 1.82) is 0 Å². The first-order chi connectivity index (χ1) is 20.5. The number of anilines is 1. The molecule has 9 heteroatoms. The summed E-state index contributed by atoms with van der Waals surface area (Å²) in [4.78, 5) is 43.0. The number of nitrogens with one attached hydrogen (secondary N) is 1. The molecule has 2 heterocycles. The molecule has 0 spiro atoms. The van der Waals surface area contributed by atoms with Crippen molar-refractivity contribution in [2.75, 3.05) is 11.7 Å². The Labute approximate surface area is 245 Å². The molecule has 0 unspecified atom stereocenters. The van der Waals surface area contributed by atoms with Gasteiger partial charge in [-0.1, -0.05) is 72.3 Å². The molecule has 3 amide bonds. The maximum absolute atomic E-state index is 14.4. The van der Waals surface area contributed by atoms with E-state index in [9.17, 15) is 14.4 Å². The van der Waals surface area contributed by atoms with Crippen LogP contribution in [0, 0.1) is 11.8 Å². The summed E-state index contributed by atoms with van der Waals surface area (Å²) in [6, 6.07) is 27.5. The lowest BCUT2D eigenvalue weighted by Gasteiger charge is -2.52. The molecule has 2 atom stereocenters. The molecular formula is C33H22ClN3O5. The number of benzene rings is 4. The minimum Gasteiger partial charge on any atom is -0.454 e. The molecule has 206 valence electrons. The molecule has 2 aliphatic heterocycles. The van der Waals surface area contributed by atoms with Crippen molar-refractivity contribution in [2.45, 2.75) is 11.3 Å². The molecule has 9 rings (SSSR count). The number of amides is 3. The van der Waals surface area contributed by atoms with Gasteiger partial charge >= 0.3 is 0 Å². The van der Waals surface area contributed by atoms with Crippen LogP contribution >= 0.6 is 11.6 Å². The van der Waals surface area contributed by atoms with E-state index in [0.717, 1.165) is 22.3 Å². The Hall–Kier alpha value is -4.95. The Kier molecular flexibility index (Phi) is 5.33. The summed E-state index contributed by atoms with van der Waals surface area (Å²) in [6.45, 7) is 0.0986. The first-order valence-corrected chi connectivity index (χ1v) is 13.9. The van der Waals surface area contributed by atoms with Crippen molar-refractivity contribution in [3.63, 3.8) is 0 Å². The van der Waals surface area contributed by atoms with E-state index in [2.05, 4.69) is 10.5 Å². The van der Waals surface area contributed by atoms with Crippen LogP contribution in [0.3, 0.4) is 0 Å². The zero-order valence-electron chi connectivity index (χ0n) is 22.0. The summed E-state index contributed by atoms with van der Waals surface area (Å²) in [7, 11) is 0. The van der Waals surface area contributed by atoms with Crippen molar-refractivity contribution < 1.29 is 23.9 Å². The highest BCUT2D eigenvalue weighted by molar-refractivity contribution is 6.36. The second kappa shape index (κ2) is 9.03. The fourth-order valence-corrected chi connectivity index (χ4v) is 7.44. The average molecular weight is 576 g/mol. The molecule has 42 heavy (non-hydrogen) atoms. The van der Waals surface area contributed by atoms with Gasteiger partial charge in [0.05, 0.1) is 28.0 Å². The molecule has 0 saturated carbocycles. The standard InChI is InChI=1S/C33H22ClN3O5/c34-23-11-5-6-12-24(23)37-31(39)28-27-19-7-1-3-9-21(19)33(29(28)32(37)40,22-10-4-2-8-20(22)27)16-35-36-30(38)18-13-14-25-26(15-18)42-17-41-25/h1-16,27-29H,17H2,(H,36,38)/b35-16-/t27?,28-,29-,33?/m0/s1. The number of imide groups is 1. The molecule has 3 aliphatic carbocycles. The highest BCUT2D eigenvalue weighted by Gasteiger charge is 2.68. The molecule has 1 N–H and O–H groups in total. The Morgan fingerprint density at radius 1 is 0.881 bits per heavy atom. The number of halogens is 1. The van der Waals surface area contributed by atoms with E-state index in [4.69, 9.17) is 21.1 Å². The van der Waals surface area contributed by atoms with Gasteiger partial charge in [0.1, 0.15) is 0 Å². The number of hydrogen-bond donors (Lipinski definition) is 1. The second-order valence-corrected chi connectivity index (χ2v) is 11.2. The van der Waals surface area contributed by atoms with E-state index in [-0.39, 0.29) is 24.5 Å². The summed E-state index contributed by atoms with van der Waals surface area (Å²) in [5.41, 5.74) is 5.93. The molecule has 0 aromatic heterocycles. The fourth-order valence-electron chi connectivity index (χ4n) is 7.22. The van der Waals surface area contributed by atoms with Gasteiger partial charge in [0.15, 0.2) is 11.5 Å². The lowest BCUT2D eigenvalue weighted by atomic mass is 9.47. The van der Waals surface area contributed by atoms with Crippen LogP contribution < -0.4 is 19.8 Å². The summed E-state index contributed by atoms with van der Waals surface area (Å²) < 4.78 is 10.7. The largest absolute Gasteiger partial charge is 0.454 e. The number of hydrazone groups is 1. The maximum Gasteiger partial charge on any atom is 0.271 e. The highest BCUT2D eigenvalue weighted by Crippen LogP contribution is 2.63. The van der Waals surface area contributed by atoms with Crippen molar-refractivity contribution in [1.82, 2.24) is 5.43 Å². The third-order valence-corrected chi connectivity index (χ3v) is 9.17. The topological polar surface area (TPSA) is 97.3 Å². The smallest absolute Gasteiger partial charge is 0.271 e. The fraction of sp³-hybridized carbons (Fsp3) is 0.152. The molecule has 5 aliphatic rings. The Bertz CT molecular complexity index is 1820. The first-order valence-electron chi connectivity index (χ1n) is 13.6. The first kappa shape index (κ1) is 24.8. The quantitative estimate of drug-likeness (QED) is 0.209. The van der Waals surface area contributed by atoms with Crippen LogP contribution in [0.4, 0.5) is 5.69 Å². The van der Waals surface area contributed by atoms with Gasteiger partial charge < -0.3 is 9.47 Å². The van der Waals surface area contributed by atoms with Gasteiger partial charge in [-0.2, -0.15) is 5.10 Å². The lowest BCUT2D eigenvalue weighted by molar-refractivity contribution is -0.122. The molecule has 2 bridgehead atoms. The zero-order chi connectivity index (χ0) is 28.6. The molecule has 0 radical (unpaired) electrons. The van der Waals surface area contributed by atoms with Crippen LogP contribution in [0.15, 0.2) is 96.1 Å². The van der Waals surface area contributed by atoms with Crippen LogP contribution in [0.2, 0.25) is 5.02 Å². The third-order valence-electron chi connectivity index (χ3n) is 8.85. The third kappa shape index (κ3) is 3.24. The van der Waals surface area contributed by atoms with Gasteiger partial charge in [-0.3, -0.25) is 14.4 Å². The number of fused-ring (bicyclic) bond motifs is 1. The number of carbonyl (C=O) groups excluding carboxylic acids is 3. The Morgan fingerprint density at radius 2 is 1.55 bits per heavy atom. The molecule has 4 aromatic carbocycles. The molecular weight excluding hydrogens is 554 g/mol. The lowest BCUT2D eigenvalue weighted by Crippen LogP contribution is -2.54. The predicted molar refractivity (Wildman–Crippen MR) is 155 cm³/mol. The highest BCUT2D eigenvalue weighted by atomic mass is 35.5. The minimum atomic E-state index is -1.11. The van der Waals surface area contributed by atoms with Gasteiger partial charge in [0.2, 0.25) is 18.6 Å². The van der Waals surface area contributed by atoms with Crippen LogP contribution in [0.25, 0.3) is 0 Å². The Balaban J connectivity index is 1.27. The number of carbonyl (C=O) groups is 3. The van der Waals surface area contributed by atoms with E-state index in [1.807, 2.05) is 48.5 Å².